The van der Waals surface area contributed by atoms with Crippen molar-refractivity contribution in [2.24, 2.45) is 0 Å². The molecule has 1 N–H and O–H groups in total. The zero-order valence-corrected chi connectivity index (χ0v) is 18.2. The number of fused-ring (bicyclic) bond motifs is 1. The van der Waals surface area contributed by atoms with Gasteiger partial charge in [0, 0.05) is 37.3 Å². The van der Waals surface area contributed by atoms with E-state index in [2.05, 4.69) is 9.64 Å². The molecule has 34 heavy (non-hydrogen) atoms. The molecule has 0 aliphatic carbocycles. The SMILES string of the molecule is O=C(O)CCN1CCc2nc(-c3ccc(OCc4cccc(OC(F)(F)F)c4)cc3)ccc2C1. The van der Waals surface area contributed by atoms with E-state index in [-0.39, 0.29) is 18.8 Å². The van der Waals surface area contributed by atoms with Gasteiger partial charge in [-0.05, 0) is 53.6 Å². The van der Waals surface area contributed by atoms with Gasteiger partial charge in [-0.25, -0.2) is 0 Å². The van der Waals surface area contributed by atoms with E-state index >= 15 is 0 Å². The summed E-state index contributed by atoms with van der Waals surface area (Å²) in [7, 11) is 0. The fourth-order valence-electron chi connectivity index (χ4n) is 3.80. The zero-order valence-electron chi connectivity index (χ0n) is 18.2. The van der Waals surface area contributed by atoms with Gasteiger partial charge in [0.1, 0.15) is 18.1 Å². The first-order valence-electron chi connectivity index (χ1n) is 10.8. The normalized spacial score (nSPS) is 13.9. The average molecular weight is 472 g/mol. The van der Waals surface area contributed by atoms with Gasteiger partial charge in [-0.2, -0.15) is 0 Å². The second kappa shape index (κ2) is 10.1. The molecule has 0 unspecified atom stereocenters. The number of carboxylic acid groups (broad SMARTS) is 1. The lowest BCUT2D eigenvalue weighted by Crippen LogP contribution is -2.32. The number of pyridine rings is 1. The monoisotopic (exact) mass is 472 g/mol. The van der Waals surface area contributed by atoms with E-state index < -0.39 is 12.3 Å². The molecule has 0 amide bonds. The van der Waals surface area contributed by atoms with Crippen LogP contribution < -0.4 is 9.47 Å². The van der Waals surface area contributed by atoms with Crippen LogP contribution in [0.4, 0.5) is 13.2 Å². The van der Waals surface area contributed by atoms with Gasteiger partial charge >= 0.3 is 12.3 Å². The molecule has 0 radical (unpaired) electrons. The molecule has 0 spiro atoms. The van der Waals surface area contributed by atoms with Crippen LogP contribution in [-0.4, -0.2) is 40.4 Å². The van der Waals surface area contributed by atoms with Gasteiger partial charge in [-0.3, -0.25) is 14.7 Å². The topological polar surface area (TPSA) is 71.9 Å². The number of rotatable bonds is 8. The van der Waals surface area contributed by atoms with E-state index in [1.54, 1.807) is 18.2 Å². The number of hydrogen-bond acceptors (Lipinski definition) is 5. The van der Waals surface area contributed by atoms with Crippen LogP contribution in [0, 0.1) is 0 Å². The van der Waals surface area contributed by atoms with Gasteiger partial charge in [0.2, 0.25) is 0 Å². The Kier molecular flexibility index (Phi) is 7.02. The number of aromatic nitrogens is 1. The highest BCUT2D eigenvalue weighted by atomic mass is 19.4. The Labute approximate surface area is 194 Å². The third kappa shape index (κ3) is 6.48. The molecule has 0 bridgehead atoms. The molecule has 0 saturated heterocycles. The maximum absolute atomic E-state index is 12.4. The van der Waals surface area contributed by atoms with Gasteiger partial charge < -0.3 is 14.6 Å². The summed E-state index contributed by atoms with van der Waals surface area (Å²) >= 11 is 0. The van der Waals surface area contributed by atoms with Gasteiger partial charge in [-0.15, -0.1) is 13.2 Å². The van der Waals surface area contributed by atoms with E-state index in [0.717, 1.165) is 35.5 Å². The molecular formula is C25H23F3N2O4. The van der Waals surface area contributed by atoms with E-state index in [1.165, 1.54) is 18.2 Å². The number of carboxylic acids is 1. The van der Waals surface area contributed by atoms with Crippen LogP contribution in [-0.2, 0) is 24.4 Å². The third-order valence-electron chi connectivity index (χ3n) is 5.46. The lowest BCUT2D eigenvalue weighted by molar-refractivity contribution is -0.274. The molecule has 178 valence electrons. The summed E-state index contributed by atoms with van der Waals surface area (Å²) in [6.45, 7) is 2.10. The Morgan fingerprint density at radius 1 is 1.06 bits per heavy atom. The minimum absolute atomic E-state index is 0.101. The summed E-state index contributed by atoms with van der Waals surface area (Å²) in [5.74, 6) is -0.499. The standard InChI is InChI=1S/C25H23F3N2O4/c26-25(27,28)34-21-3-1-2-17(14-21)16-33-20-7-4-18(5-8-20)22-9-6-19-15-30(13-11-24(31)32)12-10-23(19)29-22/h1-9,14H,10-13,15-16H2,(H,31,32). The third-order valence-corrected chi connectivity index (χ3v) is 5.46. The molecular weight excluding hydrogens is 449 g/mol. The molecule has 0 saturated carbocycles. The highest BCUT2D eigenvalue weighted by Gasteiger charge is 2.31. The van der Waals surface area contributed by atoms with E-state index in [1.807, 2.05) is 24.3 Å². The van der Waals surface area contributed by atoms with Crippen molar-refractivity contribution < 1.29 is 32.5 Å². The number of aliphatic carboxylic acids is 1. The van der Waals surface area contributed by atoms with Crippen molar-refractivity contribution in [3.05, 3.63) is 77.5 Å². The molecule has 4 rings (SSSR count). The molecule has 2 aromatic carbocycles. The minimum Gasteiger partial charge on any atom is -0.489 e. The van der Waals surface area contributed by atoms with Crippen molar-refractivity contribution in [3.8, 4) is 22.8 Å². The second-order valence-corrected chi connectivity index (χ2v) is 7.98. The predicted molar refractivity (Wildman–Crippen MR) is 118 cm³/mol. The number of nitrogens with zero attached hydrogens (tertiary/aromatic N) is 2. The first-order chi connectivity index (χ1) is 16.2. The summed E-state index contributed by atoms with van der Waals surface area (Å²) in [6, 6.07) is 17.0. The van der Waals surface area contributed by atoms with Crippen LogP contribution in [0.2, 0.25) is 0 Å². The Balaban J connectivity index is 1.36. The van der Waals surface area contributed by atoms with E-state index in [0.29, 0.717) is 24.4 Å². The maximum Gasteiger partial charge on any atom is 0.573 e. The van der Waals surface area contributed by atoms with E-state index in [9.17, 15) is 18.0 Å². The van der Waals surface area contributed by atoms with Gasteiger partial charge in [0.25, 0.3) is 0 Å². The molecule has 9 heteroatoms. The highest BCUT2D eigenvalue weighted by Crippen LogP contribution is 2.26. The van der Waals surface area contributed by atoms with Crippen LogP contribution >= 0.6 is 0 Å². The lowest BCUT2D eigenvalue weighted by atomic mass is 10.0. The molecule has 6 nitrogen and oxygen atoms in total. The number of hydrogen-bond donors (Lipinski definition) is 1. The largest absolute Gasteiger partial charge is 0.573 e. The van der Waals surface area contributed by atoms with E-state index in [4.69, 9.17) is 14.8 Å². The number of ether oxygens (including phenoxy) is 2. The maximum atomic E-state index is 12.4. The molecule has 2 heterocycles. The Morgan fingerprint density at radius 3 is 2.59 bits per heavy atom. The van der Waals surface area contributed by atoms with Crippen molar-refractivity contribution in [3.63, 3.8) is 0 Å². The van der Waals surface area contributed by atoms with Crippen LogP contribution in [0.1, 0.15) is 23.2 Å². The van der Waals surface area contributed by atoms with Crippen molar-refractivity contribution in [1.82, 2.24) is 9.88 Å². The Hall–Kier alpha value is -3.59. The second-order valence-electron chi connectivity index (χ2n) is 7.98. The summed E-state index contributed by atoms with van der Waals surface area (Å²) in [5.41, 5.74) is 4.44. The first-order valence-corrected chi connectivity index (χ1v) is 10.8. The van der Waals surface area contributed by atoms with Crippen LogP contribution in [0.3, 0.4) is 0 Å². The minimum atomic E-state index is -4.74. The molecule has 3 aromatic rings. The highest BCUT2D eigenvalue weighted by molar-refractivity contribution is 5.66. The van der Waals surface area contributed by atoms with Crippen LogP contribution in [0.25, 0.3) is 11.3 Å². The smallest absolute Gasteiger partial charge is 0.489 e. The Morgan fingerprint density at radius 2 is 1.85 bits per heavy atom. The molecule has 0 fully saturated rings. The number of carbonyl (C=O) groups is 1. The predicted octanol–water partition coefficient (Wildman–Crippen LogP) is 5.06. The number of halogens is 3. The summed E-state index contributed by atoms with van der Waals surface area (Å²) in [6.07, 6.45) is -3.84. The number of benzene rings is 2. The van der Waals surface area contributed by atoms with Crippen LogP contribution in [0.15, 0.2) is 60.7 Å². The molecule has 1 aliphatic heterocycles. The number of alkyl halides is 3. The van der Waals surface area contributed by atoms with Gasteiger partial charge in [0.15, 0.2) is 0 Å². The fraction of sp³-hybridized carbons (Fsp3) is 0.280. The lowest BCUT2D eigenvalue weighted by Gasteiger charge is -2.27. The Bertz CT molecular complexity index is 1150. The average Bonchev–Trinajstić information content (AvgIpc) is 2.80. The van der Waals surface area contributed by atoms with Gasteiger partial charge in [0.05, 0.1) is 12.1 Å². The quantitative estimate of drug-likeness (QED) is 0.494. The molecule has 0 atom stereocenters. The van der Waals surface area contributed by atoms with Crippen molar-refractivity contribution in [2.75, 3.05) is 13.1 Å². The fourth-order valence-corrected chi connectivity index (χ4v) is 3.80. The molecule has 1 aromatic heterocycles. The van der Waals surface area contributed by atoms with Crippen molar-refractivity contribution >= 4 is 5.97 Å². The summed E-state index contributed by atoms with van der Waals surface area (Å²) < 4.78 is 46.8. The van der Waals surface area contributed by atoms with Gasteiger partial charge in [-0.1, -0.05) is 18.2 Å². The van der Waals surface area contributed by atoms with Crippen molar-refractivity contribution in [2.45, 2.75) is 32.4 Å². The zero-order chi connectivity index (χ0) is 24.1. The molecule has 1 aliphatic rings. The van der Waals surface area contributed by atoms with Crippen LogP contribution in [0.5, 0.6) is 11.5 Å². The first kappa shape index (κ1) is 23.6. The summed E-state index contributed by atoms with van der Waals surface area (Å²) in [5, 5.41) is 8.87. The summed E-state index contributed by atoms with van der Waals surface area (Å²) in [4.78, 5) is 17.7. The van der Waals surface area contributed by atoms with Crippen molar-refractivity contribution in [1.29, 1.82) is 0 Å².